The first-order valence-corrected chi connectivity index (χ1v) is 11.0. The monoisotopic (exact) mass is 422 g/mol. The minimum absolute atomic E-state index is 0.0171. The van der Waals surface area contributed by atoms with Crippen LogP contribution in [0.4, 0.5) is 9.93 Å². The first-order valence-electron chi connectivity index (χ1n) is 9.80. The van der Waals surface area contributed by atoms with E-state index in [9.17, 15) is 9.90 Å². The van der Waals surface area contributed by atoms with Gasteiger partial charge in [-0.1, -0.05) is 39.3 Å². The van der Waals surface area contributed by atoms with Gasteiger partial charge in [0.25, 0.3) is 0 Å². The number of aromatic nitrogens is 1. The van der Waals surface area contributed by atoms with Crippen LogP contribution in [0.25, 0.3) is 0 Å². The van der Waals surface area contributed by atoms with Crippen molar-refractivity contribution in [2.75, 3.05) is 18.1 Å². The van der Waals surface area contributed by atoms with E-state index in [2.05, 4.69) is 37.6 Å². The van der Waals surface area contributed by atoms with E-state index in [-0.39, 0.29) is 22.7 Å². The minimum Gasteiger partial charge on any atom is -0.465 e. The first kappa shape index (κ1) is 19.7. The lowest BCUT2D eigenvalue weighted by Crippen LogP contribution is -2.38. The molecule has 2 aliphatic carbocycles. The summed E-state index contributed by atoms with van der Waals surface area (Å²) in [4.78, 5) is 25.4. The molecule has 152 valence electrons. The zero-order valence-electron chi connectivity index (χ0n) is 16.8. The SMILES string of the molecule is CC1(C)CCC(C)(C)c2sc(N(CC3CC3)C3=NCN(C(=O)O)C(Cl)=C3)nc21. The van der Waals surface area contributed by atoms with Crippen LogP contribution in [0.15, 0.2) is 16.2 Å². The fourth-order valence-corrected chi connectivity index (χ4v) is 5.40. The van der Waals surface area contributed by atoms with Gasteiger partial charge in [-0.2, -0.15) is 0 Å². The van der Waals surface area contributed by atoms with E-state index in [0.717, 1.165) is 29.4 Å². The van der Waals surface area contributed by atoms with Crippen molar-refractivity contribution in [3.63, 3.8) is 0 Å². The van der Waals surface area contributed by atoms with Crippen LogP contribution >= 0.6 is 22.9 Å². The summed E-state index contributed by atoms with van der Waals surface area (Å²) in [6.45, 7) is 10.0. The van der Waals surface area contributed by atoms with Crippen molar-refractivity contribution >= 4 is 40.0 Å². The van der Waals surface area contributed by atoms with Crippen LogP contribution in [0.2, 0.25) is 0 Å². The van der Waals surface area contributed by atoms with Gasteiger partial charge < -0.3 is 10.0 Å². The lowest BCUT2D eigenvalue weighted by atomic mass is 9.69. The second-order valence-corrected chi connectivity index (χ2v) is 10.7. The fraction of sp³-hybridized carbons (Fsp3) is 0.650. The molecule has 1 aliphatic heterocycles. The number of hydrogen-bond acceptors (Lipinski definition) is 5. The molecule has 1 N–H and O–H groups in total. The molecule has 0 aromatic carbocycles. The van der Waals surface area contributed by atoms with Gasteiger partial charge in [-0.3, -0.25) is 0 Å². The Morgan fingerprint density at radius 2 is 2.00 bits per heavy atom. The summed E-state index contributed by atoms with van der Waals surface area (Å²) in [5, 5.41) is 10.4. The maximum absolute atomic E-state index is 11.3. The highest BCUT2D eigenvalue weighted by Crippen LogP contribution is 2.50. The van der Waals surface area contributed by atoms with Crippen LogP contribution in [0, 0.1) is 5.92 Å². The predicted molar refractivity (Wildman–Crippen MR) is 114 cm³/mol. The molecule has 1 aromatic heterocycles. The third kappa shape index (κ3) is 3.54. The summed E-state index contributed by atoms with van der Waals surface area (Å²) >= 11 is 7.99. The quantitative estimate of drug-likeness (QED) is 0.685. The van der Waals surface area contributed by atoms with Crippen molar-refractivity contribution in [2.24, 2.45) is 10.9 Å². The number of fused-ring (bicyclic) bond motifs is 1. The lowest BCUT2D eigenvalue weighted by molar-refractivity contribution is 0.162. The van der Waals surface area contributed by atoms with Crippen molar-refractivity contribution in [2.45, 2.75) is 64.2 Å². The Hall–Kier alpha value is -1.60. The summed E-state index contributed by atoms with van der Waals surface area (Å²) in [5.41, 5.74) is 1.38. The molecular formula is C20H27ClN4O2S. The van der Waals surface area contributed by atoms with Crippen LogP contribution in [-0.2, 0) is 10.8 Å². The summed E-state index contributed by atoms with van der Waals surface area (Å²) in [5.74, 6) is 1.34. The van der Waals surface area contributed by atoms with Crippen molar-refractivity contribution in [3.05, 3.63) is 21.8 Å². The van der Waals surface area contributed by atoms with Gasteiger partial charge in [-0.05, 0) is 31.6 Å². The van der Waals surface area contributed by atoms with Crippen molar-refractivity contribution in [1.82, 2.24) is 9.88 Å². The number of aliphatic imine (C=N–C) groups is 1. The van der Waals surface area contributed by atoms with Crippen LogP contribution in [0.3, 0.4) is 0 Å². The highest BCUT2D eigenvalue weighted by molar-refractivity contribution is 7.16. The number of amidine groups is 1. The van der Waals surface area contributed by atoms with Crippen LogP contribution in [0.1, 0.15) is 63.9 Å². The third-order valence-electron chi connectivity index (χ3n) is 6.00. The zero-order valence-corrected chi connectivity index (χ0v) is 18.4. The topological polar surface area (TPSA) is 69.0 Å². The Labute approximate surface area is 174 Å². The number of thiazole rings is 1. The summed E-state index contributed by atoms with van der Waals surface area (Å²) < 4.78 is 0. The van der Waals surface area contributed by atoms with Crippen LogP contribution < -0.4 is 4.90 Å². The number of nitrogens with zero attached hydrogens (tertiary/aromatic N) is 4. The van der Waals surface area contributed by atoms with E-state index in [1.54, 1.807) is 17.4 Å². The number of halogens is 1. The number of anilines is 1. The standard InChI is InChI=1S/C20H27ClN4O2S/c1-19(2)7-8-20(3,4)16-15(19)23-17(28-16)24(10-12-5-6-12)14-9-13(21)25(11-22-14)18(26)27/h9,12H,5-8,10-11H2,1-4H3,(H,26,27). The molecule has 1 fully saturated rings. The molecule has 28 heavy (non-hydrogen) atoms. The van der Waals surface area contributed by atoms with Crippen LogP contribution in [0.5, 0.6) is 0 Å². The Balaban J connectivity index is 1.72. The van der Waals surface area contributed by atoms with Gasteiger partial charge in [0.05, 0.1) is 5.69 Å². The van der Waals surface area contributed by atoms with E-state index in [4.69, 9.17) is 16.6 Å². The van der Waals surface area contributed by atoms with Gasteiger partial charge in [0.15, 0.2) is 5.13 Å². The van der Waals surface area contributed by atoms with E-state index in [1.165, 1.54) is 23.4 Å². The molecule has 0 unspecified atom stereocenters. The number of rotatable bonds is 3. The van der Waals surface area contributed by atoms with Crippen molar-refractivity contribution in [3.8, 4) is 0 Å². The molecule has 8 heteroatoms. The smallest absolute Gasteiger partial charge is 0.414 e. The molecule has 1 saturated carbocycles. The summed E-state index contributed by atoms with van der Waals surface area (Å²) in [7, 11) is 0. The van der Waals surface area contributed by atoms with Gasteiger partial charge in [0.2, 0.25) is 0 Å². The molecule has 0 saturated heterocycles. The second kappa shape index (κ2) is 6.73. The predicted octanol–water partition coefficient (Wildman–Crippen LogP) is 5.14. The van der Waals surface area contributed by atoms with Gasteiger partial charge in [0.1, 0.15) is 17.7 Å². The normalized spacial score (nSPS) is 23.0. The van der Waals surface area contributed by atoms with E-state index in [0.29, 0.717) is 11.8 Å². The Morgan fingerprint density at radius 1 is 1.32 bits per heavy atom. The number of amides is 1. The average Bonchev–Trinajstić information content (AvgIpc) is 3.31. The Kier molecular flexibility index (Phi) is 4.74. The number of hydrogen-bond donors (Lipinski definition) is 1. The van der Waals surface area contributed by atoms with E-state index < -0.39 is 6.09 Å². The largest absolute Gasteiger partial charge is 0.465 e. The summed E-state index contributed by atoms with van der Waals surface area (Å²) in [6, 6.07) is 0. The molecule has 0 atom stereocenters. The fourth-order valence-electron chi connectivity index (χ4n) is 3.78. The molecule has 2 heterocycles. The van der Waals surface area contributed by atoms with E-state index in [1.807, 2.05) is 0 Å². The third-order valence-corrected chi connectivity index (χ3v) is 7.76. The lowest BCUT2D eigenvalue weighted by Gasteiger charge is -2.37. The average molecular weight is 423 g/mol. The molecule has 6 nitrogen and oxygen atoms in total. The van der Waals surface area contributed by atoms with Gasteiger partial charge in [0, 0.05) is 28.3 Å². The molecular weight excluding hydrogens is 396 g/mol. The van der Waals surface area contributed by atoms with Gasteiger partial charge in [-0.15, -0.1) is 11.3 Å². The maximum atomic E-state index is 11.3. The van der Waals surface area contributed by atoms with Crippen LogP contribution in [-0.4, -0.2) is 40.1 Å². The molecule has 1 amide bonds. The van der Waals surface area contributed by atoms with Gasteiger partial charge >= 0.3 is 6.09 Å². The van der Waals surface area contributed by atoms with Crippen molar-refractivity contribution in [1.29, 1.82) is 0 Å². The molecule has 0 spiro atoms. The minimum atomic E-state index is -1.09. The van der Waals surface area contributed by atoms with Crippen molar-refractivity contribution < 1.29 is 9.90 Å². The van der Waals surface area contributed by atoms with E-state index >= 15 is 0 Å². The molecule has 1 aromatic rings. The molecule has 0 radical (unpaired) electrons. The Bertz CT molecular complexity index is 836. The summed E-state index contributed by atoms with van der Waals surface area (Å²) in [6.07, 6.45) is 5.26. The van der Waals surface area contributed by atoms with Gasteiger partial charge in [-0.25, -0.2) is 19.7 Å². The second-order valence-electron chi connectivity index (χ2n) is 9.33. The number of carbonyl (C=O) groups is 1. The number of carboxylic acid groups (broad SMARTS) is 1. The Morgan fingerprint density at radius 3 is 2.57 bits per heavy atom. The zero-order chi connectivity index (χ0) is 20.3. The molecule has 4 rings (SSSR count). The molecule has 3 aliphatic rings. The molecule has 0 bridgehead atoms. The maximum Gasteiger partial charge on any atom is 0.414 e. The first-order chi connectivity index (χ1) is 13.1. The highest BCUT2D eigenvalue weighted by Gasteiger charge is 2.41. The highest BCUT2D eigenvalue weighted by atomic mass is 35.5.